The van der Waals surface area contributed by atoms with Gasteiger partial charge in [0, 0.05) is 17.5 Å². The number of carbonyl (C=O) groups is 2. The van der Waals surface area contributed by atoms with Gasteiger partial charge in [0.25, 0.3) is 0 Å². The lowest BCUT2D eigenvalue weighted by atomic mass is 10.1. The molecule has 0 aliphatic carbocycles. The van der Waals surface area contributed by atoms with E-state index < -0.39 is 17.6 Å². The third kappa shape index (κ3) is 4.86. The molecule has 2 aromatic rings. The molecule has 0 atom stereocenters. The van der Waals surface area contributed by atoms with Crippen LogP contribution in [0.4, 0.5) is 8.78 Å². The zero-order chi connectivity index (χ0) is 16.8. The Hall–Kier alpha value is -2.27. The summed E-state index contributed by atoms with van der Waals surface area (Å²) in [5, 5.41) is 0.167. The normalized spacial score (nSPS) is 10.4. The van der Waals surface area contributed by atoms with Crippen LogP contribution in [0.15, 0.2) is 42.5 Å². The highest BCUT2D eigenvalue weighted by molar-refractivity contribution is 6.31. The number of halogens is 3. The lowest BCUT2D eigenvalue weighted by Gasteiger charge is -2.07. The van der Waals surface area contributed by atoms with Crippen molar-refractivity contribution in [1.29, 1.82) is 0 Å². The first-order valence-corrected chi connectivity index (χ1v) is 7.22. The molecule has 0 aliphatic heterocycles. The van der Waals surface area contributed by atoms with Gasteiger partial charge in [0.05, 0.1) is 11.4 Å². The monoisotopic (exact) mass is 338 g/mol. The predicted molar refractivity (Wildman–Crippen MR) is 81.2 cm³/mol. The molecule has 0 amide bonds. The van der Waals surface area contributed by atoms with Crippen LogP contribution in [0.1, 0.15) is 28.8 Å². The molecule has 0 aliphatic rings. The van der Waals surface area contributed by atoms with Crippen LogP contribution in [0.3, 0.4) is 0 Å². The molecule has 0 bridgehead atoms. The minimum Gasteiger partial charge on any atom is -0.461 e. The second-order valence-electron chi connectivity index (χ2n) is 4.79. The maximum Gasteiger partial charge on any atom is 0.306 e. The zero-order valence-corrected chi connectivity index (χ0v) is 12.8. The summed E-state index contributed by atoms with van der Waals surface area (Å²) in [6, 6.07) is 9.20. The van der Waals surface area contributed by atoms with Gasteiger partial charge < -0.3 is 4.74 Å². The van der Waals surface area contributed by atoms with E-state index in [1.165, 1.54) is 42.5 Å². The fourth-order valence-corrected chi connectivity index (χ4v) is 2.11. The Morgan fingerprint density at radius 3 is 2.35 bits per heavy atom. The maximum atomic E-state index is 13.5. The van der Waals surface area contributed by atoms with Crippen molar-refractivity contribution in [1.82, 2.24) is 0 Å². The van der Waals surface area contributed by atoms with Gasteiger partial charge in [-0.25, -0.2) is 8.78 Å². The molecule has 0 heterocycles. The maximum absolute atomic E-state index is 13.5. The SMILES string of the molecule is O=C(CCC(=O)c1ccc(F)cc1)OCc1c(F)cccc1Cl. The summed E-state index contributed by atoms with van der Waals surface area (Å²) in [4.78, 5) is 23.5. The summed E-state index contributed by atoms with van der Waals surface area (Å²) in [5.41, 5.74) is 0.406. The van der Waals surface area contributed by atoms with Crippen LogP contribution in [0.2, 0.25) is 5.02 Å². The summed E-state index contributed by atoms with van der Waals surface area (Å²) in [7, 11) is 0. The Morgan fingerprint density at radius 2 is 1.70 bits per heavy atom. The average Bonchev–Trinajstić information content (AvgIpc) is 2.53. The first-order valence-electron chi connectivity index (χ1n) is 6.84. The van der Waals surface area contributed by atoms with Crippen LogP contribution in [0, 0.1) is 11.6 Å². The lowest BCUT2D eigenvalue weighted by Crippen LogP contribution is -2.09. The van der Waals surface area contributed by atoms with Crippen LogP contribution < -0.4 is 0 Å². The van der Waals surface area contributed by atoms with Gasteiger partial charge in [0.15, 0.2) is 5.78 Å². The highest BCUT2D eigenvalue weighted by Gasteiger charge is 2.13. The summed E-state index contributed by atoms with van der Waals surface area (Å²) in [6.45, 7) is -0.297. The van der Waals surface area contributed by atoms with Gasteiger partial charge in [0.1, 0.15) is 18.2 Å². The summed E-state index contributed by atoms with van der Waals surface area (Å²) in [6.07, 6.45) is -0.224. The number of hydrogen-bond acceptors (Lipinski definition) is 3. The molecular formula is C17H13ClF2O3. The zero-order valence-electron chi connectivity index (χ0n) is 12.0. The fourth-order valence-electron chi connectivity index (χ4n) is 1.89. The van der Waals surface area contributed by atoms with Gasteiger partial charge in [-0.3, -0.25) is 9.59 Å². The predicted octanol–water partition coefficient (Wildman–Crippen LogP) is 4.32. The minimum atomic E-state index is -0.639. The lowest BCUT2D eigenvalue weighted by molar-refractivity contribution is -0.144. The molecule has 0 unspecified atom stereocenters. The van der Waals surface area contributed by atoms with E-state index in [1.807, 2.05) is 0 Å². The number of ether oxygens (including phenoxy) is 1. The van der Waals surface area contributed by atoms with Crippen molar-refractivity contribution in [2.24, 2.45) is 0 Å². The molecule has 0 saturated heterocycles. The Kier molecular flexibility index (Phi) is 5.82. The van der Waals surface area contributed by atoms with Gasteiger partial charge in [0.2, 0.25) is 0 Å². The van der Waals surface area contributed by atoms with Gasteiger partial charge in [-0.1, -0.05) is 17.7 Å². The van der Waals surface area contributed by atoms with E-state index in [-0.39, 0.29) is 35.8 Å². The topological polar surface area (TPSA) is 43.4 Å². The third-order valence-corrected chi connectivity index (χ3v) is 3.52. The van der Waals surface area contributed by atoms with Crippen LogP contribution in [-0.4, -0.2) is 11.8 Å². The highest BCUT2D eigenvalue weighted by atomic mass is 35.5. The minimum absolute atomic E-state index is 0.0739. The molecule has 0 saturated carbocycles. The molecular weight excluding hydrogens is 326 g/mol. The standard InChI is InChI=1S/C17H13ClF2O3/c18-14-2-1-3-15(20)13(14)10-23-17(22)9-8-16(21)11-4-6-12(19)7-5-11/h1-7H,8-10H2. The molecule has 0 aromatic heterocycles. The van der Waals surface area contributed by atoms with Gasteiger partial charge in [-0.15, -0.1) is 0 Å². The number of esters is 1. The van der Waals surface area contributed by atoms with E-state index in [4.69, 9.17) is 16.3 Å². The van der Waals surface area contributed by atoms with Crippen molar-refractivity contribution in [3.8, 4) is 0 Å². The number of ketones is 1. The largest absolute Gasteiger partial charge is 0.461 e. The second-order valence-corrected chi connectivity index (χ2v) is 5.20. The Balaban J connectivity index is 1.83. The Morgan fingerprint density at radius 1 is 1.00 bits per heavy atom. The molecule has 0 spiro atoms. The number of carbonyl (C=O) groups excluding carboxylic acids is 2. The number of benzene rings is 2. The summed E-state index contributed by atoms with van der Waals surface area (Å²) < 4.78 is 31.2. The van der Waals surface area contributed by atoms with Crippen LogP contribution >= 0.6 is 11.6 Å². The van der Waals surface area contributed by atoms with Gasteiger partial charge in [-0.05, 0) is 36.4 Å². The van der Waals surface area contributed by atoms with E-state index in [9.17, 15) is 18.4 Å². The molecule has 0 fully saturated rings. The second kappa shape index (κ2) is 7.83. The molecule has 3 nitrogen and oxygen atoms in total. The van der Waals surface area contributed by atoms with Crippen molar-refractivity contribution in [3.05, 3.63) is 70.2 Å². The van der Waals surface area contributed by atoms with Crippen molar-refractivity contribution >= 4 is 23.4 Å². The van der Waals surface area contributed by atoms with Crippen molar-refractivity contribution in [3.63, 3.8) is 0 Å². The average molecular weight is 339 g/mol. The molecule has 0 N–H and O–H groups in total. The van der Waals surface area contributed by atoms with E-state index in [0.29, 0.717) is 5.56 Å². The first-order chi connectivity index (χ1) is 11.0. The first kappa shape index (κ1) is 17.1. The highest BCUT2D eigenvalue weighted by Crippen LogP contribution is 2.20. The molecule has 0 radical (unpaired) electrons. The van der Waals surface area contributed by atoms with Crippen LogP contribution in [0.5, 0.6) is 0 Å². The van der Waals surface area contributed by atoms with E-state index in [1.54, 1.807) is 0 Å². The molecule has 6 heteroatoms. The van der Waals surface area contributed by atoms with Crippen molar-refractivity contribution in [2.75, 3.05) is 0 Å². The number of rotatable bonds is 6. The van der Waals surface area contributed by atoms with Crippen LogP contribution in [-0.2, 0) is 16.1 Å². The smallest absolute Gasteiger partial charge is 0.306 e. The quantitative estimate of drug-likeness (QED) is 0.582. The van der Waals surface area contributed by atoms with E-state index in [2.05, 4.69) is 0 Å². The number of Topliss-reactive ketones (excluding diaryl/α,β-unsaturated/α-hetero) is 1. The van der Waals surface area contributed by atoms with Gasteiger partial charge >= 0.3 is 5.97 Å². The van der Waals surface area contributed by atoms with Crippen molar-refractivity contribution in [2.45, 2.75) is 19.4 Å². The van der Waals surface area contributed by atoms with Gasteiger partial charge in [-0.2, -0.15) is 0 Å². The molecule has 2 rings (SSSR count). The Bertz CT molecular complexity index is 694. The van der Waals surface area contributed by atoms with E-state index in [0.717, 1.165) is 0 Å². The number of hydrogen-bond donors (Lipinski definition) is 0. The van der Waals surface area contributed by atoms with E-state index >= 15 is 0 Å². The summed E-state index contributed by atoms with van der Waals surface area (Å²) >= 11 is 5.82. The molecule has 2 aromatic carbocycles. The third-order valence-electron chi connectivity index (χ3n) is 3.16. The summed E-state index contributed by atoms with van der Waals surface area (Å²) in [5.74, 6) is -1.94. The Labute approximate surface area is 136 Å². The molecule has 120 valence electrons. The van der Waals surface area contributed by atoms with Crippen molar-refractivity contribution < 1.29 is 23.1 Å². The molecule has 23 heavy (non-hydrogen) atoms. The van der Waals surface area contributed by atoms with Crippen LogP contribution in [0.25, 0.3) is 0 Å². The fraction of sp³-hybridized carbons (Fsp3) is 0.176.